The van der Waals surface area contributed by atoms with Crippen molar-refractivity contribution < 1.29 is 14.7 Å². The van der Waals surface area contributed by atoms with Crippen molar-refractivity contribution in [3.05, 3.63) is 12.2 Å². The van der Waals surface area contributed by atoms with Crippen LogP contribution in [0.5, 0.6) is 0 Å². The Labute approximate surface area is 111 Å². The van der Waals surface area contributed by atoms with Gasteiger partial charge >= 0.3 is 12.0 Å². The third-order valence-electron chi connectivity index (χ3n) is 2.67. The molecule has 8 nitrogen and oxygen atoms in total. The molecule has 0 aromatic carbocycles. The number of carboxylic acid groups (broad SMARTS) is 1. The number of nitrogens with one attached hydrogen (secondary N) is 1. The highest BCUT2D eigenvalue weighted by Gasteiger charge is 2.10. The maximum Gasteiger partial charge on any atom is 0.317 e. The minimum absolute atomic E-state index is 0.0573. The zero-order valence-electron chi connectivity index (χ0n) is 11.2. The number of carboxylic acids is 1. The molecule has 0 aliphatic carbocycles. The molecule has 0 bridgehead atoms. The molecule has 0 saturated heterocycles. The number of hydrogen-bond acceptors (Lipinski definition) is 4. The van der Waals surface area contributed by atoms with E-state index in [0.717, 1.165) is 6.54 Å². The Morgan fingerprint density at radius 2 is 2.26 bits per heavy atom. The molecule has 106 valence electrons. The molecular formula is C11H19N5O3. The summed E-state index contributed by atoms with van der Waals surface area (Å²) in [7, 11) is 1.63. The van der Waals surface area contributed by atoms with Crippen LogP contribution >= 0.6 is 0 Å². The molecule has 0 spiro atoms. The van der Waals surface area contributed by atoms with Crippen molar-refractivity contribution in [3.63, 3.8) is 0 Å². The van der Waals surface area contributed by atoms with E-state index >= 15 is 0 Å². The van der Waals surface area contributed by atoms with Crippen LogP contribution in [-0.2, 0) is 17.9 Å². The van der Waals surface area contributed by atoms with E-state index in [0.29, 0.717) is 25.3 Å². The minimum Gasteiger partial charge on any atom is -0.481 e. The molecule has 0 radical (unpaired) electrons. The molecule has 0 aliphatic rings. The summed E-state index contributed by atoms with van der Waals surface area (Å²) < 4.78 is 1.84. The Morgan fingerprint density at radius 3 is 2.89 bits per heavy atom. The second-order valence-corrected chi connectivity index (χ2v) is 4.11. The average Bonchev–Trinajstić information content (AvgIpc) is 2.82. The largest absolute Gasteiger partial charge is 0.481 e. The smallest absolute Gasteiger partial charge is 0.317 e. The topological polar surface area (TPSA) is 100 Å². The summed E-state index contributed by atoms with van der Waals surface area (Å²) in [6, 6.07) is -0.254. The number of urea groups is 1. The molecule has 0 saturated carbocycles. The van der Waals surface area contributed by atoms with Gasteiger partial charge in [0.2, 0.25) is 0 Å². The first-order valence-corrected chi connectivity index (χ1v) is 6.12. The zero-order valence-corrected chi connectivity index (χ0v) is 11.2. The number of rotatable bonds is 7. The molecule has 0 aliphatic heterocycles. The van der Waals surface area contributed by atoms with Gasteiger partial charge in [0.05, 0.1) is 6.54 Å². The minimum atomic E-state index is -0.857. The molecule has 8 heteroatoms. The molecule has 19 heavy (non-hydrogen) atoms. The van der Waals surface area contributed by atoms with Crippen LogP contribution in [0.1, 0.15) is 25.6 Å². The highest BCUT2D eigenvalue weighted by molar-refractivity contribution is 5.73. The first-order chi connectivity index (χ1) is 9.04. The van der Waals surface area contributed by atoms with Gasteiger partial charge in [0, 0.05) is 26.6 Å². The lowest BCUT2D eigenvalue weighted by atomic mass is 10.3. The molecule has 0 fully saturated rings. The van der Waals surface area contributed by atoms with Crippen molar-refractivity contribution in [2.75, 3.05) is 13.6 Å². The van der Waals surface area contributed by atoms with Crippen LogP contribution < -0.4 is 5.32 Å². The van der Waals surface area contributed by atoms with E-state index < -0.39 is 5.97 Å². The number of nitrogens with zero attached hydrogens (tertiary/aromatic N) is 4. The normalized spacial score (nSPS) is 10.2. The van der Waals surface area contributed by atoms with Gasteiger partial charge in [0.15, 0.2) is 5.82 Å². The fraction of sp³-hybridized carbons (Fsp3) is 0.636. The molecule has 2 N–H and O–H groups in total. The van der Waals surface area contributed by atoms with E-state index in [1.165, 1.54) is 4.90 Å². The van der Waals surface area contributed by atoms with Crippen molar-refractivity contribution in [2.45, 2.75) is 32.9 Å². The van der Waals surface area contributed by atoms with E-state index in [1.54, 1.807) is 13.4 Å². The van der Waals surface area contributed by atoms with Crippen LogP contribution in [0.2, 0.25) is 0 Å². The van der Waals surface area contributed by atoms with Crippen molar-refractivity contribution in [1.29, 1.82) is 0 Å². The van der Waals surface area contributed by atoms with Gasteiger partial charge in [-0.2, -0.15) is 0 Å². The van der Waals surface area contributed by atoms with Gasteiger partial charge in [-0.25, -0.2) is 4.79 Å². The van der Waals surface area contributed by atoms with Gasteiger partial charge in [-0.1, -0.05) is 0 Å². The predicted molar refractivity (Wildman–Crippen MR) is 67.4 cm³/mol. The Kier molecular flexibility index (Phi) is 5.77. The second kappa shape index (κ2) is 7.34. The van der Waals surface area contributed by atoms with Gasteiger partial charge in [-0.15, -0.1) is 10.2 Å². The Morgan fingerprint density at radius 1 is 1.53 bits per heavy atom. The molecule has 1 rings (SSSR count). The third kappa shape index (κ3) is 4.94. The van der Waals surface area contributed by atoms with Crippen LogP contribution in [0, 0.1) is 0 Å². The summed E-state index contributed by atoms with van der Waals surface area (Å²) in [5.41, 5.74) is 0. The molecular weight excluding hydrogens is 250 g/mol. The number of aliphatic carboxylic acids is 1. The van der Waals surface area contributed by atoms with E-state index in [-0.39, 0.29) is 12.5 Å². The van der Waals surface area contributed by atoms with Gasteiger partial charge in [0.1, 0.15) is 6.33 Å². The molecule has 1 heterocycles. The van der Waals surface area contributed by atoms with Crippen LogP contribution in [0.4, 0.5) is 4.79 Å². The van der Waals surface area contributed by atoms with E-state index in [1.807, 2.05) is 11.5 Å². The number of carbonyl (C=O) groups is 2. The van der Waals surface area contributed by atoms with Gasteiger partial charge in [-0.05, 0) is 13.3 Å². The molecule has 1 aromatic heterocycles. The quantitative estimate of drug-likeness (QED) is 0.741. The van der Waals surface area contributed by atoms with Gasteiger partial charge in [0.25, 0.3) is 0 Å². The van der Waals surface area contributed by atoms with Crippen LogP contribution in [0.15, 0.2) is 6.33 Å². The first-order valence-electron chi connectivity index (χ1n) is 6.12. The molecule has 2 amide bonds. The van der Waals surface area contributed by atoms with E-state index in [4.69, 9.17) is 5.11 Å². The standard InChI is InChI=1S/C11H19N5O3/c1-3-16-8-13-14-9(16)7-12-11(19)15(2)6-4-5-10(17)18/h8H,3-7H2,1-2H3,(H,12,19)(H,17,18). The number of amides is 2. The van der Waals surface area contributed by atoms with Crippen molar-refractivity contribution in [1.82, 2.24) is 25.0 Å². The Balaban J connectivity index is 2.32. The maximum atomic E-state index is 11.7. The lowest BCUT2D eigenvalue weighted by Gasteiger charge is -2.17. The second-order valence-electron chi connectivity index (χ2n) is 4.11. The number of hydrogen-bond donors (Lipinski definition) is 2. The summed E-state index contributed by atoms with van der Waals surface area (Å²) in [5.74, 6) is -0.167. The van der Waals surface area contributed by atoms with Crippen molar-refractivity contribution >= 4 is 12.0 Å². The first kappa shape index (κ1) is 14.9. The number of aromatic nitrogens is 3. The summed E-state index contributed by atoms with van der Waals surface area (Å²) in [6.07, 6.45) is 2.10. The zero-order chi connectivity index (χ0) is 14.3. The summed E-state index contributed by atoms with van der Waals surface area (Å²) in [6.45, 7) is 3.41. The fourth-order valence-corrected chi connectivity index (χ4v) is 1.54. The van der Waals surface area contributed by atoms with Gasteiger partial charge < -0.3 is 19.9 Å². The molecule has 0 atom stereocenters. The highest BCUT2D eigenvalue weighted by Crippen LogP contribution is 1.97. The fourth-order valence-electron chi connectivity index (χ4n) is 1.54. The summed E-state index contributed by atoms with van der Waals surface area (Å²) >= 11 is 0. The average molecular weight is 269 g/mol. The van der Waals surface area contributed by atoms with Crippen molar-refractivity contribution in [3.8, 4) is 0 Å². The highest BCUT2D eigenvalue weighted by atomic mass is 16.4. The Hall–Kier alpha value is -2.12. The number of carbonyl (C=O) groups excluding carboxylic acids is 1. The lowest BCUT2D eigenvalue weighted by molar-refractivity contribution is -0.137. The van der Waals surface area contributed by atoms with Crippen LogP contribution in [-0.4, -0.2) is 50.4 Å². The predicted octanol–water partition coefficient (Wildman–Crippen LogP) is 0.304. The third-order valence-corrected chi connectivity index (χ3v) is 2.67. The SMILES string of the molecule is CCn1cnnc1CNC(=O)N(C)CCCC(=O)O. The van der Waals surface area contributed by atoms with E-state index in [2.05, 4.69) is 15.5 Å². The molecule has 1 aromatic rings. The molecule has 0 unspecified atom stereocenters. The number of aryl methyl sites for hydroxylation is 1. The van der Waals surface area contributed by atoms with E-state index in [9.17, 15) is 9.59 Å². The summed E-state index contributed by atoms with van der Waals surface area (Å²) in [4.78, 5) is 23.5. The van der Waals surface area contributed by atoms with Gasteiger partial charge in [-0.3, -0.25) is 4.79 Å². The van der Waals surface area contributed by atoms with Crippen molar-refractivity contribution in [2.24, 2.45) is 0 Å². The monoisotopic (exact) mass is 269 g/mol. The Bertz CT molecular complexity index is 432. The maximum absolute atomic E-state index is 11.7. The lowest BCUT2D eigenvalue weighted by Crippen LogP contribution is -2.38. The van der Waals surface area contributed by atoms with Crippen LogP contribution in [0.25, 0.3) is 0 Å². The summed E-state index contributed by atoms with van der Waals surface area (Å²) in [5, 5.41) is 18.9. The van der Waals surface area contributed by atoms with Crippen LogP contribution in [0.3, 0.4) is 0 Å².